The van der Waals surface area contributed by atoms with E-state index in [0.717, 1.165) is 18.7 Å². The van der Waals surface area contributed by atoms with Crippen molar-refractivity contribution in [3.8, 4) is 0 Å². The third-order valence-corrected chi connectivity index (χ3v) is 3.72. The SMILES string of the molecule is CC1(C)CC(NCc2cscn2)C(C)(C)O1. The molecule has 1 aliphatic heterocycles. The van der Waals surface area contributed by atoms with Crippen LogP contribution in [0.3, 0.4) is 0 Å². The van der Waals surface area contributed by atoms with Crippen molar-refractivity contribution < 1.29 is 4.74 Å². The molecule has 0 bridgehead atoms. The van der Waals surface area contributed by atoms with Crippen molar-refractivity contribution >= 4 is 11.3 Å². The van der Waals surface area contributed by atoms with Gasteiger partial charge in [-0.25, -0.2) is 4.98 Å². The van der Waals surface area contributed by atoms with E-state index in [1.54, 1.807) is 11.3 Å². The number of rotatable bonds is 3. The summed E-state index contributed by atoms with van der Waals surface area (Å²) in [5.41, 5.74) is 2.87. The quantitative estimate of drug-likeness (QED) is 0.881. The van der Waals surface area contributed by atoms with E-state index >= 15 is 0 Å². The van der Waals surface area contributed by atoms with Gasteiger partial charge in [-0.3, -0.25) is 0 Å². The second-order valence-corrected chi connectivity index (χ2v) is 6.30. The largest absolute Gasteiger partial charge is 0.368 e. The first-order valence-corrected chi connectivity index (χ1v) is 6.64. The molecule has 2 heterocycles. The summed E-state index contributed by atoms with van der Waals surface area (Å²) in [6.45, 7) is 9.44. The van der Waals surface area contributed by atoms with E-state index in [4.69, 9.17) is 4.74 Å². The summed E-state index contributed by atoms with van der Waals surface area (Å²) in [6, 6.07) is 0.393. The summed E-state index contributed by atoms with van der Waals surface area (Å²) in [6.07, 6.45) is 1.05. The van der Waals surface area contributed by atoms with Gasteiger partial charge in [-0.2, -0.15) is 0 Å². The standard InChI is InChI=1S/C12H20N2OS/c1-11(2)5-10(12(3,4)15-11)13-6-9-7-16-8-14-9/h7-8,10,13H,5-6H2,1-4H3. The van der Waals surface area contributed by atoms with Crippen LogP contribution in [0.15, 0.2) is 10.9 Å². The van der Waals surface area contributed by atoms with E-state index < -0.39 is 0 Å². The molecule has 0 aliphatic carbocycles. The highest BCUT2D eigenvalue weighted by Crippen LogP contribution is 2.37. The van der Waals surface area contributed by atoms with Gasteiger partial charge in [-0.05, 0) is 34.1 Å². The number of hydrogen-bond acceptors (Lipinski definition) is 4. The Bertz CT molecular complexity index is 346. The van der Waals surface area contributed by atoms with Crippen LogP contribution in [0.1, 0.15) is 39.8 Å². The van der Waals surface area contributed by atoms with Crippen LogP contribution in [-0.2, 0) is 11.3 Å². The predicted octanol–water partition coefficient (Wildman–Crippen LogP) is 2.58. The lowest BCUT2D eigenvalue weighted by Crippen LogP contribution is -2.42. The number of aromatic nitrogens is 1. The van der Waals surface area contributed by atoms with Crippen molar-refractivity contribution in [1.82, 2.24) is 10.3 Å². The maximum absolute atomic E-state index is 6.04. The highest BCUT2D eigenvalue weighted by molar-refractivity contribution is 7.07. The van der Waals surface area contributed by atoms with Gasteiger partial charge in [0, 0.05) is 18.0 Å². The number of thiazole rings is 1. The summed E-state index contributed by atoms with van der Waals surface area (Å²) in [5.74, 6) is 0. The fourth-order valence-corrected chi connectivity index (χ4v) is 2.99. The van der Waals surface area contributed by atoms with Gasteiger partial charge in [-0.15, -0.1) is 11.3 Å². The average molecular weight is 240 g/mol. The first-order valence-electron chi connectivity index (χ1n) is 5.70. The van der Waals surface area contributed by atoms with Crippen LogP contribution in [0, 0.1) is 0 Å². The highest BCUT2D eigenvalue weighted by Gasteiger charge is 2.45. The first-order chi connectivity index (χ1) is 7.39. The second-order valence-electron chi connectivity index (χ2n) is 5.58. The Labute approximate surface area is 101 Å². The van der Waals surface area contributed by atoms with Gasteiger partial charge in [0.15, 0.2) is 0 Å². The monoisotopic (exact) mass is 240 g/mol. The van der Waals surface area contributed by atoms with Crippen LogP contribution in [0.25, 0.3) is 0 Å². The summed E-state index contributed by atoms with van der Waals surface area (Å²) in [7, 11) is 0. The van der Waals surface area contributed by atoms with Crippen LogP contribution in [0.4, 0.5) is 0 Å². The van der Waals surface area contributed by atoms with Crippen molar-refractivity contribution in [3.05, 3.63) is 16.6 Å². The van der Waals surface area contributed by atoms with Gasteiger partial charge in [0.25, 0.3) is 0 Å². The fourth-order valence-electron chi connectivity index (χ4n) is 2.43. The Morgan fingerprint density at radius 2 is 2.25 bits per heavy atom. The molecule has 1 saturated heterocycles. The minimum atomic E-state index is -0.0977. The molecule has 1 aromatic heterocycles. The van der Waals surface area contributed by atoms with Crippen LogP contribution in [-0.4, -0.2) is 22.2 Å². The van der Waals surface area contributed by atoms with Gasteiger partial charge in [0.1, 0.15) is 0 Å². The van der Waals surface area contributed by atoms with Crippen molar-refractivity contribution in [2.75, 3.05) is 0 Å². The lowest BCUT2D eigenvalue weighted by molar-refractivity contribution is -0.0699. The first kappa shape index (κ1) is 12.0. The van der Waals surface area contributed by atoms with E-state index in [0.29, 0.717) is 6.04 Å². The molecule has 16 heavy (non-hydrogen) atoms. The molecule has 0 amide bonds. The van der Waals surface area contributed by atoms with Gasteiger partial charge < -0.3 is 10.1 Å². The smallest absolute Gasteiger partial charge is 0.0795 e. The van der Waals surface area contributed by atoms with Crippen molar-refractivity contribution in [1.29, 1.82) is 0 Å². The third-order valence-electron chi connectivity index (χ3n) is 3.09. The summed E-state index contributed by atoms with van der Waals surface area (Å²) in [5, 5.41) is 5.63. The van der Waals surface area contributed by atoms with Crippen LogP contribution < -0.4 is 5.32 Å². The molecule has 1 fully saturated rings. The van der Waals surface area contributed by atoms with Crippen molar-refractivity contribution in [3.63, 3.8) is 0 Å². The third kappa shape index (κ3) is 2.62. The molecule has 0 spiro atoms. The molecule has 4 heteroatoms. The van der Waals surface area contributed by atoms with Gasteiger partial charge in [-0.1, -0.05) is 0 Å². The fraction of sp³-hybridized carbons (Fsp3) is 0.750. The molecule has 3 nitrogen and oxygen atoms in total. The molecule has 1 unspecified atom stereocenters. The molecular formula is C12H20N2OS. The molecular weight excluding hydrogens is 220 g/mol. The van der Waals surface area contributed by atoms with Gasteiger partial charge >= 0.3 is 0 Å². The molecule has 0 saturated carbocycles. The van der Waals surface area contributed by atoms with Gasteiger partial charge in [0.2, 0.25) is 0 Å². The second kappa shape index (κ2) is 4.09. The zero-order valence-corrected chi connectivity index (χ0v) is 11.2. The summed E-state index contributed by atoms with van der Waals surface area (Å²) < 4.78 is 6.04. The van der Waals surface area contributed by atoms with E-state index in [-0.39, 0.29) is 11.2 Å². The molecule has 90 valence electrons. The summed E-state index contributed by atoms with van der Waals surface area (Å²) in [4.78, 5) is 4.28. The zero-order valence-electron chi connectivity index (χ0n) is 10.4. The minimum absolute atomic E-state index is 0.0246. The Kier molecular flexibility index (Phi) is 3.07. The zero-order chi connectivity index (χ0) is 11.8. The molecule has 1 aliphatic rings. The van der Waals surface area contributed by atoms with E-state index in [2.05, 4.69) is 43.4 Å². The maximum atomic E-state index is 6.04. The minimum Gasteiger partial charge on any atom is -0.368 e. The highest BCUT2D eigenvalue weighted by atomic mass is 32.1. The van der Waals surface area contributed by atoms with Crippen molar-refractivity contribution in [2.24, 2.45) is 0 Å². The molecule has 0 aromatic carbocycles. The molecule has 1 aromatic rings. The van der Waals surface area contributed by atoms with E-state index in [9.17, 15) is 0 Å². The predicted molar refractivity (Wildman–Crippen MR) is 66.6 cm³/mol. The van der Waals surface area contributed by atoms with Crippen LogP contribution in [0.2, 0.25) is 0 Å². The Balaban J connectivity index is 1.95. The molecule has 1 atom stereocenters. The Hall–Kier alpha value is -0.450. The number of nitrogens with one attached hydrogen (secondary N) is 1. The molecule has 2 rings (SSSR count). The molecule has 0 radical (unpaired) electrons. The topological polar surface area (TPSA) is 34.2 Å². The molecule has 1 N–H and O–H groups in total. The van der Waals surface area contributed by atoms with Crippen molar-refractivity contribution in [2.45, 2.75) is 57.9 Å². The average Bonchev–Trinajstić information content (AvgIpc) is 2.67. The lowest BCUT2D eigenvalue weighted by Gasteiger charge is -2.27. The van der Waals surface area contributed by atoms with Crippen LogP contribution >= 0.6 is 11.3 Å². The van der Waals surface area contributed by atoms with Gasteiger partial charge in [0.05, 0.1) is 22.4 Å². The summed E-state index contributed by atoms with van der Waals surface area (Å²) >= 11 is 1.64. The maximum Gasteiger partial charge on any atom is 0.0795 e. The normalized spacial score (nSPS) is 27.1. The number of nitrogens with zero attached hydrogens (tertiary/aromatic N) is 1. The van der Waals surface area contributed by atoms with Crippen LogP contribution in [0.5, 0.6) is 0 Å². The Morgan fingerprint density at radius 1 is 1.50 bits per heavy atom. The lowest BCUT2D eigenvalue weighted by atomic mass is 9.94. The Morgan fingerprint density at radius 3 is 2.75 bits per heavy atom. The number of ether oxygens (including phenoxy) is 1. The van der Waals surface area contributed by atoms with E-state index in [1.807, 2.05) is 5.51 Å². The number of hydrogen-bond donors (Lipinski definition) is 1. The van der Waals surface area contributed by atoms with E-state index in [1.165, 1.54) is 0 Å².